The van der Waals surface area contributed by atoms with Gasteiger partial charge in [0.2, 0.25) is 0 Å². The molecule has 0 bridgehead atoms. The third-order valence-corrected chi connectivity index (χ3v) is 6.07. The third-order valence-electron chi connectivity index (χ3n) is 5.70. The highest BCUT2D eigenvalue weighted by Gasteiger charge is 2.29. The minimum absolute atomic E-state index is 0.216. The Morgan fingerprint density at radius 1 is 1.20 bits per heavy atom. The second-order valence-electron chi connectivity index (χ2n) is 9.22. The highest BCUT2D eigenvalue weighted by molar-refractivity contribution is 6.31. The Labute approximate surface area is 210 Å². The van der Waals surface area contributed by atoms with E-state index in [1.54, 1.807) is 68.3 Å². The molecule has 35 heavy (non-hydrogen) atoms. The smallest absolute Gasteiger partial charge is 0.259 e. The summed E-state index contributed by atoms with van der Waals surface area (Å²) in [6.45, 7) is 8.43. The van der Waals surface area contributed by atoms with Gasteiger partial charge in [-0.15, -0.1) is 0 Å². The van der Waals surface area contributed by atoms with Crippen molar-refractivity contribution in [3.8, 4) is 5.75 Å². The lowest BCUT2D eigenvalue weighted by atomic mass is 9.92. The summed E-state index contributed by atoms with van der Waals surface area (Å²) in [6.07, 6.45) is 0. The van der Waals surface area contributed by atoms with Gasteiger partial charge in [0.15, 0.2) is 0 Å². The lowest BCUT2D eigenvalue weighted by Gasteiger charge is -2.32. The van der Waals surface area contributed by atoms with Crippen LogP contribution in [0, 0.1) is 19.3 Å². The van der Waals surface area contributed by atoms with Crippen LogP contribution in [0.5, 0.6) is 5.75 Å². The molecule has 186 valence electrons. The summed E-state index contributed by atoms with van der Waals surface area (Å²) in [6, 6.07) is 12.1. The van der Waals surface area contributed by atoms with E-state index in [1.807, 2.05) is 13.8 Å². The molecular formula is C26H31ClN4O4. The largest absolute Gasteiger partial charge is 0.497 e. The van der Waals surface area contributed by atoms with Crippen molar-refractivity contribution in [2.24, 2.45) is 11.1 Å². The summed E-state index contributed by atoms with van der Waals surface area (Å²) >= 11 is 6.51. The number of nitrogens with one attached hydrogen (secondary N) is 1. The first-order valence-corrected chi connectivity index (χ1v) is 11.6. The van der Waals surface area contributed by atoms with Gasteiger partial charge in [-0.3, -0.25) is 9.59 Å². The van der Waals surface area contributed by atoms with Crippen LogP contribution >= 0.6 is 11.6 Å². The van der Waals surface area contributed by atoms with E-state index in [0.29, 0.717) is 57.7 Å². The molecule has 1 heterocycles. The Hall–Kier alpha value is -3.36. The average Bonchev–Trinajstić information content (AvgIpc) is 3.17. The molecule has 0 spiro atoms. The molecule has 0 aliphatic heterocycles. The number of carbonyl (C=O) groups excluding carboxylic acids is 2. The highest BCUT2D eigenvalue weighted by atomic mass is 35.5. The second kappa shape index (κ2) is 10.9. The Kier molecular flexibility index (Phi) is 8.19. The van der Waals surface area contributed by atoms with Crippen LogP contribution < -0.4 is 15.8 Å². The van der Waals surface area contributed by atoms with Crippen molar-refractivity contribution in [2.45, 2.75) is 34.2 Å². The number of hydrogen-bond acceptors (Lipinski definition) is 6. The van der Waals surface area contributed by atoms with E-state index >= 15 is 0 Å². The predicted molar refractivity (Wildman–Crippen MR) is 136 cm³/mol. The molecule has 0 unspecified atom stereocenters. The zero-order valence-corrected chi connectivity index (χ0v) is 21.4. The maximum atomic E-state index is 13.5. The highest BCUT2D eigenvalue weighted by Crippen LogP contribution is 2.27. The number of ether oxygens (including phenoxy) is 1. The zero-order valence-electron chi connectivity index (χ0n) is 20.6. The van der Waals surface area contributed by atoms with Gasteiger partial charge in [-0.1, -0.05) is 36.7 Å². The summed E-state index contributed by atoms with van der Waals surface area (Å²) in [5, 5.41) is 7.28. The number of methoxy groups -OCH3 is 1. The number of anilines is 1. The lowest BCUT2D eigenvalue weighted by molar-refractivity contribution is 0.0670. The molecule has 0 atom stereocenters. The van der Waals surface area contributed by atoms with E-state index in [9.17, 15) is 9.59 Å². The van der Waals surface area contributed by atoms with E-state index < -0.39 is 0 Å². The first-order valence-electron chi connectivity index (χ1n) is 11.2. The van der Waals surface area contributed by atoms with Crippen LogP contribution in [0.2, 0.25) is 5.02 Å². The van der Waals surface area contributed by atoms with Crippen LogP contribution in [0.1, 0.15) is 51.6 Å². The first kappa shape index (κ1) is 26.2. The number of nitrogens with two attached hydrogens (primary N) is 1. The molecule has 1 aromatic heterocycles. The number of amides is 2. The SMILES string of the molecule is COc1cccc(C(=O)Nc2ccc(Cl)c(CN(CC(C)(C)CN)C(=O)c3c(C)noc3C)c2)c1. The fourth-order valence-electron chi connectivity index (χ4n) is 3.67. The van der Waals surface area contributed by atoms with Crippen molar-refractivity contribution in [1.82, 2.24) is 10.1 Å². The van der Waals surface area contributed by atoms with E-state index in [1.165, 1.54) is 0 Å². The molecule has 3 aromatic rings. The van der Waals surface area contributed by atoms with E-state index in [-0.39, 0.29) is 23.8 Å². The number of benzene rings is 2. The van der Waals surface area contributed by atoms with Gasteiger partial charge in [0.25, 0.3) is 11.8 Å². The van der Waals surface area contributed by atoms with Gasteiger partial charge in [-0.25, -0.2) is 0 Å². The molecule has 0 fully saturated rings. The van der Waals surface area contributed by atoms with Crippen molar-refractivity contribution >= 4 is 29.1 Å². The Bertz CT molecular complexity index is 1200. The summed E-state index contributed by atoms with van der Waals surface area (Å²) in [7, 11) is 1.55. The molecule has 0 saturated carbocycles. The van der Waals surface area contributed by atoms with Gasteiger partial charge >= 0.3 is 0 Å². The average molecular weight is 499 g/mol. The van der Waals surface area contributed by atoms with Gasteiger partial charge < -0.3 is 25.2 Å². The summed E-state index contributed by atoms with van der Waals surface area (Å²) in [5.74, 6) is 0.536. The van der Waals surface area contributed by atoms with Gasteiger partial charge in [0.1, 0.15) is 17.1 Å². The van der Waals surface area contributed by atoms with Crippen molar-refractivity contribution < 1.29 is 18.8 Å². The molecule has 2 amide bonds. The second-order valence-corrected chi connectivity index (χ2v) is 9.63. The van der Waals surface area contributed by atoms with Crippen LogP contribution in [0.15, 0.2) is 47.0 Å². The monoisotopic (exact) mass is 498 g/mol. The first-order chi connectivity index (χ1) is 16.5. The van der Waals surface area contributed by atoms with Gasteiger partial charge in [0, 0.05) is 29.4 Å². The molecule has 9 heteroatoms. The molecule has 0 radical (unpaired) electrons. The Balaban J connectivity index is 1.89. The van der Waals surface area contributed by atoms with Crippen LogP contribution in [0.3, 0.4) is 0 Å². The molecular weight excluding hydrogens is 468 g/mol. The lowest BCUT2D eigenvalue weighted by Crippen LogP contribution is -2.42. The third kappa shape index (κ3) is 6.41. The molecule has 0 aliphatic rings. The van der Waals surface area contributed by atoms with Crippen LogP contribution in [-0.4, -0.2) is 42.1 Å². The number of hydrogen-bond donors (Lipinski definition) is 2. The molecule has 0 aliphatic carbocycles. The quantitative estimate of drug-likeness (QED) is 0.437. The zero-order chi connectivity index (χ0) is 25.8. The van der Waals surface area contributed by atoms with Gasteiger partial charge in [0.05, 0.1) is 12.8 Å². The number of nitrogens with zero attached hydrogens (tertiary/aromatic N) is 2. The van der Waals surface area contributed by atoms with Crippen molar-refractivity contribution in [3.63, 3.8) is 0 Å². The van der Waals surface area contributed by atoms with E-state index in [2.05, 4.69) is 10.5 Å². The Morgan fingerprint density at radius 3 is 2.57 bits per heavy atom. The van der Waals surface area contributed by atoms with Gasteiger partial charge in [-0.2, -0.15) is 0 Å². The van der Waals surface area contributed by atoms with Crippen molar-refractivity contribution in [3.05, 3.63) is 75.6 Å². The molecule has 3 N–H and O–H groups in total. The van der Waals surface area contributed by atoms with Crippen molar-refractivity contribution in [1.29, 1.82) is 0 Å². The Morgan fingerprint density at radius 2 is 1.94 bits per heavy atom. The van der Waals surface area contributed by atoms with Gasteiger partial charge in [-0.05, 0) is 67.8 Å². The minimum Gasteiger partial charge on any atom is -0.497 e. The van der Waals surface area contributed by atoms with E-state index in [0.717, 1.165) is 0 Å². The maximum absolute atomic E-state index is 13.5. The molecule has 3 rings (SSSR count). The summed E-state index contributed by atoms with van der Waals surface area (Å²) in [5.41, 5.74) is 8.27. The topological polar surface area (TPSA) is 111 Å². The summed E-state index contributed by atoms with van der Waals surface area (Å²) < 4.78 is 10.4. The maximum Gasteiger partial charge on any atom is 0.259 e. The number of aryl methyl sites for hydroxylation is 2. The number of rotatable bonds is 9. The van der Waals surface area contributed by atoms with Crippen molar-refractivity contribution in [2.75, 3.05) is 25.5 Å². The van der Waals surface area contributed by atoms with Crippen LogP contribution in [0.4, 0.5) is 5.69 Å². The predicted octanol–water partition coefficient (Wildman–Crippen LogP) is 4.83. The van der Waals surface area contributed by atoms with Crippen LogP contribution in [-0.2, 0) is 6.54 Å². The minimum atomic E-state index is -0.334. The summed E-state index contributed by atoms with van der Waals surface area (Å²) in [4.78, 5) is 28.0. The standard InChI is InChI=1S/C26H31ClN4O4/c1-16-23(17(2)35-30-16)25(33)31(15-26(3,4)14-28)13-19-11-20(9-10-22(19)27)29-24(32)18-7-6-8-21(12-18)34-5/h6-12H,13-15,28H2,1-5H3,(H,29,32). The fraction of sp³-hybridized carbons (Fsp3) is 0.346. The molecule has 0 saturated heterocycles. The van der Waals surface area contributed by atoms with Crippen LogP contribution in [0.25, 0.3) is 0 Å². The number of carbonyl (C=O) groups is 2. The molecule has 8 nitrogen and oxygen atoms in total. The molecule has 2 aromatic carbocycles. The normalized spacial score (nSPS) is 11.3. The number of aromatic nitrogens is 1. The number of halogens is 1. The van der Waals surface area contributed by atoms with E-state index in [4.69, 9.17) is 26.6 Å². The fourth-order valence-corrected chi connectivity index (χ4v) is 3.85.